The van der Waals surface area contributed by atoms with Crippen LogP contribution in [-0.2, 0) is 12.8 Å². The molecule has 146 valence electrons. The number of aromatic nitrogens is 3. The van der Waals surface area contributed by atoms with Crippen LogP contribution in [0.5, 0.6) is 0 Å². The Morgan fingerprint density at radius 3 is 2.57 bits per heavy atom. The minimum Gasteiger partial charge on any atom is -0.342 e. The van der Waals surface area contributed by atoms with Gasteiger partial charge < -0.3 is 9.88 Å². The van der Waals surface area contributed by atoms with E-state index in [0.29, 0.717) is 27.2 Å². The Labute approximate surface area is 178 Å². The van der Waals surface area contributed by atoms with E-state index in [9.17, 15) is 4.79 Å². The Morgan fingerprint density at radius 2 is 1.89 bits per heavy atom. The second-order valence-corrected chi connectivity index (χ2v) is 8.27. The van der Waals surface area contributed by atoms with Gasteiger partial charge in [0, 0.05) is 28.4 Å². The summed E-state index contributed by atoms with van der Waals surface area (Å²) in [7, 11) is 1.88. The summed E-state index contributed by atoms with van der Waals surface area (Å²) < 4.78 is 1.88. The van der Waals surface area contributed by atoms with Gasteiger partial charge in [-0.05, 0) is 43.7 Å². The van der Waals surface area contributed by atoms with E-state index in [1.165, 1.54) is 11.8 Å². The normalized spacial score (nSPS) is 12.0. The van der Waals surface area contributed by atoms with Crippen molar-refractivity contribution in [1.82, 2.24) is 20.1 Å². The van der Waals surface area contributed by atoms with Gasteiger partial charge in [-0.1, -0.05) is 58.7 Å². The zero-order chi connectivity index (χ0) is 20.3. The topological polar surface area (TPSA) is 59.8 Å². The Morgan fingerprint density at radius 1 is 1.18 bits per heavy atom. The minimum atomic E-state index is -0.278. The molecular formula is C20H20Cl2N4OS. The molecule has 0 unspecified atom stereocenters. The number of amides is 1. The first-order chi connectivity index (χ1) is 13.3. The first kappa shape index (κ1) is 20.7. The van der Waals surface area contributed by atoms with Crippen LogP contribution in [0, 0.1) is 6.92 Å². The average molecular weight is 435 g/mol. The van der Waals surface area contributed by atoms with E-state index in [2.05, 4.69) is 15.5 Å². The number of aryl methyl sites for hydroxylation is 1. The Kier molecular flexibility index (Phi) is 6.65. The lowest BCUT2D eigenvalue weighted by Gasteiger charge is -2.14. The highest BCUT2D eigenvalue weighted by molar-refractivity contribution is 7.98. The molecule has 0 aliphatic heterocycles. The molecule has 0 aliphatic rings. The smallest absolute Gasteiger partial charge is 0.251 e. The van der Waals surface area contributed by atoms with E-state index < -0.39 is 0 Å². The third kappa shape index (κ3) is 4.87. The van der Waals surface area contributed by atoms with Crippen LogP contribution < -0.4 is 5.32 Å². The fourth-order valence-electron chi connectivity index (χ4n) is 2.66. The number of halogens is 2. The van der Waals surface area contributed by atoms with E-state index in [-0.39, 0.29) is 11.9 Å². The summed E-state index contributed by atoms with van der Waals surface area (Å²) in [4.78, 5) is 12.4. The van der Waals surface area contributed by atoms with Gasteiger partial charge in [-0.3, -0.25) is 4.79 Å². The van der Waals surface area contributed by atoms with Crippen LogP contribution in [0.3, 0.4) is 0 Å². The lowest BCUT2D eigenvalue weighted by atomic mass is 10.1. The molecule has 1 aromatic heterocycles. The molecule has 8 heteroatoms. The van der Waals surface area contributed by atoms with Crippen LogP contribution in [0.15, 0.2) is 47.6 Å². The summed E-state index contributed by atoms with van der Waals surface area (Å²) in [5.41, 5.74) is 2.70. The number of benzene rings is 2. The predicted molar refractivity (Wildman–Crippen MR) is 114 cm³/mol. The molecule has 5 nitrogen and oxygen atoms in total. The lowest BCUT2D eigenvalue weighted by Crippen LogP contribution is -2.28. The van der Waals surface area contributed by atoms with Crippen molar-refractivity contribution in [2.24, 2.45) is 7.05 Å². The summed E-state index contributed by atoms with van der Waals surface area (Å²) in [5, 5.41) is 13.4. The fraction of sp³-hybridized carbons (Fsp3) is 0.250. The zero-order valence-electron chi connectivity index (χ0n) is 15.7. The van der Waals surface area contributed by atoms with Gasteiger partial charge in [0.25, 0.3) is 5.91 Å². The summed E-state index contributed by atoms with van der Waals surface area (Å²) in [6, 6.07) is 12.6. The van der Waals surface area contributed by atoms with Crippen LogP contribution >= 0.6 is 35.0 Å². The van der Waals surface area contributed by atoms with Crippen molar-refractivity contribution in [3.63, 3.8) is 0 Å². The number of hydrogen-bond acceptors (Lipinski definition) is 4. The molecule has 1 atom stereocenters. The average Bonchev–Trinajstić information content (AvgIpc) is 3.02. The highest BCUT2D eigenvalue weighted by Gasteiger charge is 2.18. The maximum Gasteiger partial charge on any atom is 0.251 e. The number of hydrogen-bond donors (Lipinski definition) is 1. The molecular weight excluding hydrogens is 415 g/mol. The molecule has 3 rings (SSSR count). The highest BCUT2D eigenvalue weighted by atomic mass is 35.5. The van der Waals surface area contributed by atoms with Gasteiger partial charge in [-0.25, -0.2) is 0 Å². The van der Waals surface area contributed by atoms with Crippen LogP contribution in [0.2, 0.25) is 10.0 Å². The van der Waals surface area contributed by atoms with E-state index in [4.69, 9.17) is 23.2 Å². The van der Waals surface area contributed by atoms with E-state index in [0.717, 1.165) is 16.3 Å². The second kappa shape index (κ2) is 8.99. The molecule has 0 bridgehead atoms. The molecule has 0 saturated heterocycles. The summed E-state index contributed by atoms with van der Waals surface area (Å²) >= 11 is 13.7. The molecule has 1 amide bonds. The number of carbonyl (C=O) groups excluding carboxylic acids is 1. The van der Waals surface area contributed by atoms with Gasteiger partial charge in [0.05, 0.1) is 6.04 Å². The number of thioether (sulfide) groups is 1. The van der Waals surface area contributed by atoms with Crippen LogP contribution in [0.4, 0.5) is 0 Å². The minimum absolute atomic E-state index is 0.141. The van der Waals surface area contributed by atoms with Gasteiger partial charge in [0.1, 0.15) is 0 Å². The van der Waals surface area contributed by atoms with Crippen LogP contribution in [0.1, 0.15) is 40.3 Å². The molecule has 1 heterocycles. The monoisotopic (exact) mass is 434 g/mol. The Hall–Kier alpha value is -2.02. The predicted octanol–water partition coefficient (Wildman–Crippen LogP) is 5.21. The van der Waals surface area contributed by atoms with E-state index in [1.807, 2.05) is 61.9 Å². The van der Waals surface area contributed by atoms with Gasteiger partial charge in [0.15, 0.2) is 11.0 Å². The van der Waals surface area contributed by atoms with Gasteiger partial charge in [-0.15, -0.1) is 10.2 Å². The van der Waals surface area contributed by atoms with Crippen molar-refractivity contribution >= 4 is 40.9 Å². The first-order valence-corrected chi connectivity index (χ1v) is 10.4. The SMILES string of the molecule is Cc1ccc(C(=O)N[C@H](C)c2nnc(SCc3ccc(Cl)cc3Cl)n2C)cc1. The van der Waals surface area contributed by atoms with Crippen molar-refractivity contribution in [1.29, 1.82) is 0 Å². The zero-order valence-corrected chi connectivity index (χ0v) is 18.1. The van der Waals surface area contributed by atoms with Crippen molar-refractivity contribution in [2.75, 3.05) is 0 Å². The third-order valence-electron chi connectivity index (χ3n) is 4.29. The fourth-order valence-corrected chi connectivity index (χ4v) is 4.14. The lowest BCUT2D eigenvalue weighted by molar-refractivity contribution is 0.0937. The molecule has 0 fully saturated rings. The summed E-state index contributed by atoms with van der Waals surface area (Å²) in [6.45, 7) is 3.88. The molecule has 28 heavy (non-hydrogen) atoms. The molecule has 3 aromatic rings. The largest absolute Gasteiger partial charge is 0.342 e. The maximum absolute atomic E-state index is 12.4. The van der Waals surface area contributed by atoms with Gasteiger partial charge >= 0.3 is 0 Å². The number of nitrogens with zero attached hydrogens (tertiary/aromatic N) is 3. The van der Waals surface area contributed by atoms with Crippen molar-refractivity contribution in [3.8, 4) is 0 Å². The van der Waals surface area contributed by atoms with Crippen molar-refractivity contribution < 1.29 is 4.79 Å². The molecule has 0 aliphatic carbocycles. The first-order valence-electron chi connectivity index (χ1n) is 8.68. The molecule has 0 saturated carbocycles. The van der Waals surface area contributed by atoms with E-state index in [1.54, 1.807) is 6.07 Å². The third-order valence-corrected chi connectivity index (χ3v) is 5.95. The molecule has 2 aromatic carbocycles. The molecule has 0 radical (unpaired) electrons. The van der Waals surface area contributed by atoms with Gasteiger partial charge in [0.2, 0.25) is 0 Å². The highest BCUT2D eigenvalue weighted by Crippen LogP contribution is 2.28. The summed E-state index contributed by atoms with van der Waals surface area (Å²) in [5.74, 6) is 1.19. The number of rotatable bonds is 6. The molecule has 1 N–H and O–H groups in total. The van der Waals surface area contributed by atoms with Crippen molar-refractivity contribution in [2.45, 2.75) is 30.8 Å². The number of nitrogens with one attached hydrogen (secondary N) is 1. The quantitative estimate of drug-likeness (QED) is 0.540. The van der Waals surface area contributed by atoms with Crippen molar-refractivity contribution in [3.05, 3.63) is 75.0 Å². The standard InChI is InChI=1S/C20H20Cl2N4OS/c1-12-4-6-14(7-5-12)19(27)23-13(2)18-24-25-20(26(18)3)28-11-15-8-9-16(21)10-17(15)22/h4-10,13H,11H2,1-3H3,(H,23,27)/t13-/m1/s1. The summed E-state index contributed by atoms with van der Waals surface area (Å²) in [6.07, 6.45) is 0. The maximum atomic E-state index is 12.4. The number of carbonyl (C=O) groups is 1. The van der Waals surface area contributed by atoms with Gasteiger partial charge in [-0.2, -0.15) is 0 Å². The van der Waals surface area contributed by atoms with Crippen LogP contribution in [0.25, 0.3) is 0 Å². The molecule has 0 spiro atoms. The Balaban J connectivity index is 1.66. The second-order valence-electron chi connectivity index (χ2n) is 6.49. The Bertz CT molecular complexity index is 988. The van der Waals surface area contributed by atoms with Crippen LogP contribution in [-0.4, -0.2) is 20.7 Å². The van der Waals surface area contributed by atoms with E-state index >= 15 is 0 Å².